The first-order valence-electron chi connectivity index (χ1n) is 5.70. The lowest BCUT2D eigenvalue weighted by Gasteiger charge is -2.19. The van der Waals surface area contributed by atoms with E-state index in [0.717, 1.165) is 23.3 Å². The van der Waals surface area contributed by atoms with Crippen LogP contribution in [0, 0.1) is 0 Å². The number of ketones is 1. The van der Waals surface area contributed by atoms with E-state index in [2.05, 4.69) is 16.1 Å². The van der Waals surface area contributed by atoms with Crippen molar-refractivity contribution in [1.29, 1.82) is 0 Å². The number of hydrogen-bond donors (Lipinski definition) is 1. The highest BCUT2D eigenvalue weighted by Crippen LogP contribution is 2.33. The lowest BCUT2D eigenvalue weighted by Crippen LogP contribution is -2.30. The number of nitrogens with one attached hydrogen (secondary N) is 1. The van der Waals surface area contributed by atoms with Crippen molar-refractivity contribution >= 4 is 43.3 Å². The van der Waals surface area contributed by atoms with Gasteiger partial charge in [0.25, 0.3) is 0 Å². The van der Waals surface area contributed by atoms with E-state index < -0.39 is 6.09 Å². The molecule has 4 nitrogen and oxygen atoms in total. The van der Waals surface area contributed by atoms with Crippen molar-refractivity contribution in [3.63, 3.8) is 0 Å². The van der Waals surface area contributed by atoms with Crippen LogP contribution in [-0.2, 0) is 9.53 Å². The molecule has 1 amide bonds. The van der Waals surface area contributed by atoms with Crippen molar-refractivity contribution in [1.82, 2.24) is 5.32 Å². The maximum Gasteiger partial charge on any atom is 0.411 e. The van der Waals surface area contributed by atoms with E-state index in [1.165, 1.54) is 7.11 Å². The normalized spacial score (nSPS) is 17.8. The molecule has 1 N–H and O–H groups in total. The molecule has 0 fully saturated rings. The molecule has 0 atom stereocenters. The molecule has 0 bridgehead atoms. The van der Waals surface area contributed by atoms with Crippen molar-refractivity contribution in [2.75, 3.05) is 19.1 Å². The second-order valence-electron chi connectivity index (χ2n) is 3.79. The van der Waals surface area contributed by atoms with E-state index in [1.54, 1.807) is 31.4 Å². The quantitative estimate of drug-likeness (QED) is 0.617. The van der Waals surface area contributed by atoms with Crippen molar-refractivity contribution in [2.24, 2.45) is 0 Å². The third kappa shape index (κ3) is 5.16. The van der Waals surface area contributed by atoms with Gasteiger partial charge in [-0.3, -0.25) is 10.1 Å². The third-order valence-corrected chi connectivity index (χ3v) is 6.41. The van der Waals surface area contributed by atoms with Gasteiger partial charge in [-0.15, -0.1) is 0 Å². The average Bonchev–Trinajstić information content (AvgIpc) is 2.41. The van der Waals surface area contributed by atoms with E-state index in [9.17, 15) is 9.59 Å². The maximum absolute atomic E-state index is 11.8. The molecule has 1 aliphatic carbocycles. The molecule has 0 aromatic heterocycles. The minimum Gasteiger partial charge on any atom is -0.453 e. The van der Waals surface area contributed by atoms with Gasteiger partial charge in [0, 0.05) is 12.2 Å². The van der Waals surface area contributed by atoms with E-state index in [0.29, 0.717) is 12.1 Å². The summed E-state index contributed by atoms with van der Waals surface area (Å²) in [6, 6.07) is 0. The predicted octanol–water partition coefficient (Wildman–Crippen LogP) is 3.57. The van der Waals surface area contributed by atoms with Crippen LogP contribution in [0.3, 0.4) is 0 Å². The number of hydrogen-bond acceptors (Lipinski definition) is 6. The average molecular weight is 319 g/mol. The number of amides is 1. The van der Waals surface area contributed by atoms with Crippen LogP contribution in [0.5, 0.6) is 0 Å². The van der Waals surface area contributed by atoms with Crippen LogP contribution < -0.4 is 5.32 Å². The summed E-state index contributed by atoms with van der Waals surface area (Å²) in [5, 5.41) is 2.51. The summed E-state index contributed by atoms with van der Waals surface area (Å²) in [6.07, 6.45) is 4.73. The van der Waals surface area contributed by atoms with Gasteiger partial charge in [-0.1, -0.05) is 27.7 Å². The first kappa shape index (κ1) is 16.5. The van der Waals surface area contributed by atoms with Crippen molar-refractivity contribution in [3.05, 3.63) is 22.9 Å². The van der Waals surface area contributed by atoms with Gasteiger partial charge >= 0.3 is 6.09 Å². The molecule has 19 heavy (non-hydrogen) atoms. The Morgan fingerprint density at radius 1 is 1.47 bits per heavy atom. The lowest BCUT2D eigenvalue weighted by molar-refractivity contribution is -0.116. The fraction of sp³-hybridized carbons (Fsp3) is 0.500. The zero-order chi connectivity index (χ0) is 14.3. The molecule has 0 radical (unpaired) electrons. The van der Waals surface area contributed by atoms with Crippen molar-refractivity contribution in [3.8, 4) is 0 Å². The van der Waals surface area contributed by atoms with Gasteiger partial charge in [-0.2, -0.15) is 0 Å². The molecule has 0 saturated carbocycles. The summed E-state index contributed by atoms with van der Waals surface area (Å²) in [5.41, 5.74) is 2.34. The molecule has 0 spiro atoms. The van der Waals surface area contributed by atoms with Crippen LogP contribution >= 0.6 is 31.4 Å². The number of methoxy groups -OCH3 is 1. The molecular formula is C12H17NO3S3. The van der Waals surface area contributed by atoms with Crippen molar-refractivity contribution in [2.45, 2.75) is 19.8 Å². The molecular weight excluding hydrogens is 302 g/mol. The number of alkyl carbamates (subject to hydrolysis) is 1. The number of Topliss-reactive ketones (excluding diaryl/α,β-unsaturated/α-hetero) is 1. The summed E-state index contributed by atoms with van der Waals surface area (Å²) < 4.78 is 4.53. The molecule has 0 heterocycles. The smallest absolute Gasteiger partial charge is 0.411 e. The highest BCUT2D eigenvalue weighted by molar-refractivity contribution is 9.09. The summed E-state index contributed by atoms with van der Waals surface area (Å²) >= 11 is 0. The minimum atomic E-state index is -0.601. The van der Waals surface area contributed by atoms with Crippen LogP contribution in [0.4, 0.5) is 4.79 Å². The summed E-state index contributed by atoms with van der Waals surface area (Å²) in [5.74, 6) is 0.851. The summed E-state index contributed by atoms with van der Waals surface area (Å²) in [4.78, 5) is 23.0. The molecule has 0 aliphatic heterocycles. The first-order chi connectivity index (χ1) is 9.10. The number of carbonyl (C=O) groups is 2. The Morgan fingerprint density at radius 2 is 2.21 bits per heavy atom. The Balaban J connectivity index is 2.79. The number of ether oxygens (including phenoxy) is 1. The fourth-order valence-corrected chi connectivity index (χ4v) is 4.16. The summed E-state index contributed by atoms with van der Waals surface area (Å²) in [6.45, 7) is 1.86. The van der Waals surface area contributed by atoms with E-state index in [4.69, 9.17) is 0 Å². The zero-order valence-corrected chi connectivity index (χ0v) is 13.6. The van der Waals surface area contributed by atoms with E-state index in [-0.39, 0.29) is 5.78 Å². The van der Waals surface area contributed by atoms with Crippen LogP contribution in [0.1, 0.15) is 19.8 Å². The standard InChI is InChI=1S/C12H17NO3S3/c1-8-9(6-7-18-19-17-3)4-5-10(14)11(8)13-12(15)16-2/h6H,4-5,7H2,1-3H3,(H,13,15)/b9-6-. The van der Waals surface area contributed by atoms with Gasteiger partial charge in [0.1, 0.15) is 0 Å². The Bertz CT molecular complexity index is 418. The highest BCUT2D eigenvalue weighted by atomic mass is 33.5. The van der Waals surface area contributed by atoms with Crippen LogP contribution in [0.15, 0.2) is 22.9 Å². The monoisotopic (exact) mass is 319 g/mol. The van der Waals surface area contributed by atoms with Gasteiger partial charge in [-0.25, -0.2) is 4.79 Å². The maximum atomic E-state index is 11.8. The van der Waals surface area contributed by atoms with Crippen LogP contribution in [-0.4, -0.2) is 31.0 Å². The van der Waals surface area contributed by atoms with Crippen LogP contribution in [0.2, 0.25) is 0 Å². The molecule has 0 unspecified atom stereocenters. The fourth-order valence-electron chi connectivity index (χ4n) is 1.71. The van der Waals surface area contributed by atoms with Gasteiger partial charge < -0.3 is 4.74 Å². The van der Waals surface area contributed by atoms with Crippen molar-refractivity contribution < 1.29 is 14.3 Å². The topological polar surface area (TPSA) is 55.4 Å². The Labute approximate surface area is 125 Å². The molecule has 0 saturated heterocycles. The number of allylic oxidation sites excluding steroid dienone is 3. The van der Waals surface area contributed by atoms with Gasteiger partial charge in [0.15, 0.2) is 5.78 Å². The second kappa shape index (κ2) is 8.60. The van der Waals surface area contributed by atoms with E-state index in [1.807, 2.05) is 13.2 Å². The zero-order valence-electron chi connectivity index (χ0n) is 11.1. The SMILES string of the molecule is COC(=O)NC1=C(C)/C(=C\CSSSC)CCC1=O. The van der Waals surface area contributed by atoms with E-state index >= 15 is 0 Å². The summed E-state index contributed by atoms with van der Waals surface area (Å²) in [7, 11) is 6.48. The van der Waals surface area contributed by atoms with Gasteiger partial charge in [-0.05, 0) is 40.6 Å². The van der Waals surface area contributed by atoms with Gasteiger partial charge in [0.2, 0.25) is 0 Å². The molecule has 0 aromatic rings. The lowest BCUT2D eigenvalue weighted by atomic mass is 9.91. The highest BCUT2D eigenvalue weighted by Gasteiger charge is 2.23. The van der Waals surface area contributed by atoms with Gasteiger partial charge in [0.05, 0.1) is 12.8 Å². The Morgan fingerprint density at radius 3 is 2.84 bits per heavy atom. The first-order valence-corrected chi connectivity index (χ1v) is 9.77. The molecule has 1 rings (SSSR count). The Hall–Kier alpha value is -0.530. The number of carbonyl (C=O) groups excluding carboxylic acids is 2. The molecule has 7 heteroatoms. The number of rotatable bonds is 5. The minimum absolute atomic E-state index is 0.0359. The van der Waals surface area contributed by atoms with Crippen LogP contribution in [0.25, 0.3) is 0 Å². The third-order valence-electron chi connectivity index (χ3n) is 2.68. The molecule has 0 aromatic carbocycles. The molecule has 1 aliphatic rings. The second-order valence-corrected chi connectivity index (χ2v) is 8.17. The Kier molecular flexibility index (Phi) is 7.48. The molecule has 106 valence electrons. The largest absolute Gasteiger partial charge is 0.453 e. The predicted molar refractivity (Wildman–Crippen MR) is 84.1 cm³/mol.